The summed E-state index contributed by atoms with van der Waals surface area (Å²) in [7, 11) is 0. The number of carbonyl (C=O) groups is 1. The van der Waals surface area contributed by atoms with Gasteiger partial charge in [0.1, 0.15) is 5.69 Å². The van der Waals surface area contributed by atoms with E-state index in [1.54, 1.807) is 11.6 Å². The number of piperidine rings is 2. The topological polar surface area (TPSA) is 68.4 Å². The summed E-state index contributed by atoms with van der Waals surface area (Å²) < 4.78 is 10.1. The highest BCUT2D eigenvalue weighted by atomic mass is 16.5. The van der Waals surface area contributed by atoms with Crippen molar-refractivity contribution in [1.29, 1.82) is 0 Å². The summed E-state index contributed by atoms with van der Waals surface area (Å²) in [6.45, 7) is 21.7. The molecule has 0 unspecified atom stereocenters. The number of esters is 1. The predicted octanol–water partition coefficient (Wildman–Crippen LogP) is 12.6. The lowest BCUT2D eigenvalue weighted by atomic mass is 9.66. The summed E-state index contributed by atoms with van der Waals surface area (Å²) in [6, 6.07) is 18.6. The Morgan fingerprint density at radius 3 is 1.78 bits per heavy atom. The van der Waals surface area contributed by atoms with Crippen LogP contribution in [0.15, 0.2) is 110 Å². The van der Waals surface area contributed by atoms with Crippen molar-refractivity contribution < 1.29 is 9.53 Å². The fourth-order valence-corrected chi connectivity index (χ4v) is 11.8. The second-order valence-corrected chi connectivity index (χ2v) is 18.3. The molecule has 4 atom stereocenters. The van der Waals surface area contributed by atoms with E-state index >= 15 is 0 Å². The maximum Gasteiger partial charge on any atom is 0.330 e. The maximum atomic E-state index is 12.0. The van der Waals surface area contributed by atoms with Gasteiger partial charge in [0.25, 0.3) is 0 Å². The summed E-state index contributed by atoms with van der Waals surface area (Å²) in [5.74, 6) is -0.272. The van der Waals surface area contributed by atoms with Gasteiger partial charge in [-0.15, -0.1) is 0 Å². The van der Waals surface area contributed by atoms with Crippen LogP contribution >= 0.6 is 0 Å². The molecule has 11 rings (SSSR count). The zero-order valence-electron chi connectivity index (χ0n) is 39.7. The Bertz CT molecular complexity index is 2620. The number of ether oxygens (including phenoxy) is 1. The molecule has 0 spiro atoms. The Balaban J connectivity index is 0.000000150. The standard InChI is InChI=1S/C24H26N4.C24H28N2O2.2C4H8/c1-3-24-10-6-11-27-12-9-18-17-7-4-5-8-20(17)28(22(18)23(24)27)21(13-24)19-15-25-14-16(2)26-19;1-3-24-13-7-14-25-15-12-19-18-8-5-6-9-20(18)26(22(19)23(24)25)17(16-24)10-11-21(27)28-4-2;2*1-3-4-2/h4-5,7-8,13-15,23H,3,6,9-12H2,1-2H3;5-6,8-11,16,23H,3-4,7,12-15H2,1-2H3;2*3-4H,1-2H3/b;11-10+;2*4-3-/t2*23-,24+;;/m11../s1. The summed E-state index contributed by atoms with van der Waals surface area (Å²) >= 11 is 0. The average Bonchev–Trinajstić information content (AvgIpc) is 3.87. The second-order valence-electron chi connectivity index (χ2n) is 18.3. The minimum atomic E-state index is -0.272. The molecule has 336 valence electrons. The number of fused-ring (bicyclic) bond motifs is 6. The van der Waals surface area contributed by atoms with Gasteiger partial charge in [-0.05, 0) is 141 Å². The summed E-state index contributed by atoms with van der Waals surface area (Å²) in [4.78, 5) is 26.8. The van der Waals surface area contributed by atoms with E-state index in [1.807, 2.05) is 84.3 Å². The first-order valence-electron chi connectivity index (χ1n) is 24.2. The van der Waals surface area contributed by atoms with Crippen LogP contribution in [0.4, 0.5) is 0 Å². The molecular weight excluding hydrogens is 789 g/mol. The van der Waals surface area contributed by atoms with Gasteiger partial charge in [-0.3, -0.25) is 14.8 Å². The smallest absolute Gasteiger partial charge is 0.330 e. The molecule has 3 aromatic heterocycles. The van der Waals surface area contributed by atoms with Crippen LogP contribution in [0.1, 0.15) is 133 Å². The van der Waals surface area contributed by atoms with Crippen molar-refractivity contribution in [3.8, 4) is 0 Å². The van der Waals surface area contributed by atoms with Gasteiger partial charge >= 0.3 is 5.97 Å². The van der Waals surface area contributed by atoms with Gasteiger partial charge in [0, 0.05) is 64.0 Å². The molecule has 0 aliphatic carbocycles. The van der Waals surface area contributed by atoms with Crippen molar-refractivity contribution in [2.75, 3.05) is 32.8 Å². The minimum absolute atomic E-state index is 0.145. The van der Waals surface area contributed by atoms with Crippen molar-refractivity contribution in [2.45, 2.75) is 119 Å². The van der Waals surface area contributed by atoms with Crippen molar-refractivity contribution in [3.63, 3.8) is 0 Å². The molecule has 0 saturated carbocycles. The van der Waals surface area contributed by atoms with Gasteiger partial charge in [-0.2, -0.15) is 0 Å². The molecule has 0 N–H and O–H groups in total. The number of rotatable bonds is 6. The Morgan fingerprint density at radius 2 is 1.25 bits per heavy atom. The van der Waals surface area contributed by atoms with Crippen LogP contribution in [-0.2, 0) is 22.4 Å². The Labute approximate surface area is 382 Å². The number of benzene rings is 2. The van der Waals surface area contributed by atoms with Crippen LogP contribution < -0.4 is 0 Å². The van der Waals surface area contributed by atoms with Crippen molar-refractivity contribution in [1.82, 2.24) is 28.9 Å². The molecule has 5 aromatic rings. The fraction of sp³-hybridized carbons (Fsp3) is 0.446. The molecule has 2 aromatic carbocycles. The molecule has 2 fully saturated rings. The van der Waals surface area contributed by atoms with Crippen LogP contribution in [0.3, 0.4) is 0 Å². The van der Waals surface area contributed by atoms with E-state index < -0.39 is 0 Å². The number of hydrogen-bond donors (Lipinski definition) is 0. The van der Waals surface area contributed by atoms with Gasteiger partial charge in [0.15, 0.2) is 0 Å². The SMILES string of the molecule is C/C=C\C.C/C=C\C.CCOC(=O)/C=C/C1=C[C@]2(CC)CCCN3CCc4c(n1c1ccccc41)[C@@H]32.CC[C@@]12C=C(c3cncc(C)n3)n3c4c(c5ccccc53)CCN(CCC1)[C@H]42. The van der Waals surface area contributed by atoms with E-state index in [9.17, 15) is 4.79 Å². The van der Waals surface area contributed by atoms with Crippen molar-refractivity contribution >= 4 is 39.2 Å². The predicted molar refractivity (Wildman–Crippen MR) is 265 cm³/mol. The molecule has 0 bridgehead atoms. The number of hydrogen-bond acceptors (Lipinski definition) is 6. The molecule has 8 nitrogen and oxygen atoms in total. The van der Waals surface area contributed by atoms with Gasteiger partial charge in [0.05, 0.1) is 47.3 Å². The normalized spacial score (nSPS) is 24.2. The third-order valence-corrected chi connectivity index (χ3v) is 14.9. The molecule has 6 aliphatic rings. The molecule has 6 aliphatic heterocycles. The van der Waals surface area contributed by atoms with E-state index in [-0.39, 0.29) is 16.8 Å². The second kappa shape index (κ2) is 19.4. The maximum absolute atomic E-state index is 12.0. The van der Waals surface area contributed by atoms with Crippen LogP contribution in [-0.4, -0.2) is 67.7 Å². The fourth-order valence-electron chi connectivity index (χ4n) is 11.8. The summed E-state index contributed by atoms with van der Waals surface area (Å²) in [5, 5.41) is 2.78. The highest BCUT2D eigenvalue weighted by molar-refractivity contribution is 5.93. The van der Waals surface area contributed by atoms with E-state index in [0.29, 0.717) is 18.7 Å². The van der Waals surface area contributed by atoms with Crippen molar-refractivity contribution in [3.05, 3.63) is 143 Å². The number of allylic oxidation sites excluding steroid dienone is 6. The number of carbonyl (C=O) groups excluding carboxylic acids is 1. The third-order valence-electron chi connectivity index (χ3n) is 14.9. The first-order chi connectivity index (χ1) is 31.2. The minimum Gasteiger partial charge on any atom is -0.463 e. The van der Waals surface area contributed by atoms with Gasteiger partial charge in [0.2, 0.25) is 0 Å². The lowest BCUT2D eigenvalue weighted by Crippen LogP contribution is -2.50. The van der Waals surface area contributed by atoms with Gasteiger partial charge < -0.3 is 13.9 Å². The van der Waals surface area contributed by atoms with E-state index in [1.165, 1.54) is 89.8 Å². The third kappa shape index (κ3) is 7.95. The molecule has 8 heteroatoms. The number of para-hydroxylation sites is 2. The van der Waals surface area contributed by atoms with Gasteiger partial charge in [-0.25, -0.2) is 9.78 Å². The first-order valence-corrected chi connectivity index (χ1v) is 24.2. The Hall–Kier alpha value is -5.31. The van der Waals surface area contributed by atoms with Crippen LogP contribution in [0, 0.1) is 17.8 Å². The summed E-state index contributed by atoms with van der Waals surface area (Å²) in [5.41, 5.74) is 13.3. The quantitative estimate of drug-likeness (QED) is 0.0962. The number of nitrogens with zero attached hydrogens (tertiary/aromatic N) is 6. The van der Waals surface area contributed by atoms with Crippen LogP contribution in [0.2, 0.25) is 0 Å². The van der Waals surface area contributed by atoms with Gasteiger partial charge in [-0.1, -0.05) is 80.6 Å². The zero-order chi connectivity index (χ0) is 45.0. The molecule has 64 heavy (non-hydrogen) atoms. The molecule has 0 amide bonds. The zero-order valence-corrected chi connectivity index (χ0v) is 39.7. The molecule has 9 heterocycles. The largest absolute Gasteiger partial charge is 0.463 e. The first kappa shape index (κ1) is 45.3. The number of aryl methyl sites for hydroxylation is 1. The monoisotopic (exact) mass is 859 g/mol. The molecule has 0 radical (unpaired) electrons. The lowest BCUT2D eigenvalue weighted by Gasteiger charge is -2.53. The molecule has 2 saturated heterocycles. The number of aromatic nitrogens is 4. The Morgan fingerprint density at radius 1 is 0.719 bits per heavy atom. The van der Waals surface area contributed by atoms with E-state index in [4.69, 9.17) is 9.72 Å². The lowest BCUT2D eigenvalue weighted by molar-refractivity contribution is -0.137. The van der Waals surface area contributed by atoms with E-state index in [0.717, 1.165) is 49.3 Å². The molecular formula is C56H70N6O2. The van der Waals surface area contributed by atoms with Crippen LogP contribution in [0.25, 0.3) is 33.2 Å². The van der Waals surface area contributed by atoms with Crippen molar-refractivity contribution in [2.24, 2.45) is 10.8 Å². The van der Waals surface area contributed by atoms with Crippen LogP contribution in [0.5, 0.6) is 0 Å². The van der Waals surface area contributed by atoms with E-state index in [2.05, 4.69) is 98.4 Å². The average molecular weight is 859 g/mol. The Kier molecular flexibility index (Phi) is 13.7. The summed E-state index contributed by atoms with van der Waals surface area (Å²) in [6.07, 6.45) is 29.9. The highest BCUT2D eigenvalue weighted by Gasteiger charge is 2.51. The highest BCUT2D eigenvalue weighted by Crippen LogP contribution is 2.59.